The third kappa shape index (κ3) is 7.88. The second-order valence-electron chi connectivity index (χ2n) is 13.6. The normalized spacial score (nSPS) is 19.7. The number of carbonyl (C=O) groups is 4. The number of benzene rings is 5. The Morgan fingerprint density at radius 1 is 0.784 bits per heavy atom. The molecule has 0 spiro atoms. The van der Waals surface area contributed by atoms with E-state index in [1.807, 2.05) is 84.9 Å². The second-order valence-corrected chi connectivity index (χ2v) is 13.6. The SMILES string of the molecule is CN1CCC[C@H](NC(=O)Cc2cccc3ccccc23)C(=O)N2C[C@@H](NC(=O)Cc3ccc4ccccc4c3)C[C@H]2COc2cccc(c2)C1=O. The molecule has 2 aliphatic heterocycles. The fourth-order valence-electron chi connectivity index (χ4n) is 7.35. The van der Waals surface area contributed by atoms with Crippen LogP contribution in [0.25, 0.3) is 21.5 Å². The summed E-state index contributed by atoms with van der Waals surface area (Å²) in [7, 11) is 1.74. The molecule has 0 aromatic heterocycles. The molecule has 3 atom stereocenters. The van der Waals surface area contributed by atoms with Gasteiger partial charge in [0.1, 0.15) is 18.4 Å². The fourth-order valence-corrected chi connectivity index (χ4v) is 7.35. The minimum Gasteiger partial charge on any atom is -0.491 e. The van der Waals surface area contributed by atoms with Crippen molar-refractivity contribution in [1.29, 1.82) is 0 Å². The second kappa shape index (κ2) is 15.0. The summed E-state index contributed by atoms with van der Waals surface area (Å²) in [5, 5.41) is 10.4. The zero-order chi connectivity index (χ0) is 35.3. The third-order valence-electron chi connectivity index (χ3n) is 9.96. The molecule has 9 heteroatoms. The molecule has 4 amide bonds. The average molecular weight is 683 g/mol. The Labute approximate surface area is 297 Å². The minimum atomic E-state index is -0.814. The van der Waals surface area contributed by atoms with Crippen molar-refractivity contribution >= 4 is 45.2 Å². The van der Waals surface area contributed by atoms with E-state index < -0.39 is 6.04 Å². The van der Waals surface area contributed by atoms with Crippen LogP contribution in [0.3, 0.4) is 0 Å². The highest BCUT2D eigenvalue weighted by Gasteiger charge is 2.39. The maximum atomic E-state index is 14.4. The van der Waals surface area contributed by atoms with Crippen LogP contribution in [0.4, 0.5) is 0 Å². The number of hydrogen-bond donors (Lipinski definition) is 2. The lowest BCUT2D eigenvalue weighted by Crippen LogP contribution is -2.52. The summed E-state index contributed by atoms with van der Waals surface area (Å²) in [6.07, 6.45) is 1.69. The summed E-state index contributed by atoms with van der Waals surface area (Å²) >= 11 is 0. The molecule has 51 heavy (non-hydrogen) atoms. The predicted octanol–water partition coefficient (Wildman–Crippen LogP) is 5.29. The Morgan fingerprint density at radius 3 is 2.39 bits per heavy atom. The molecule has 2 bridgehead atoms. The largest absolute Gasteiger partial charge is 0.491 e. The van der Waals surface area contributed by atoms with E-state index in [1.54, 1.807) is 41.1 Å². The number of nitrogens with zero attached hydrogens (tertiary/aromatic N) is 2. The van der Waals surface area contributed by atoms with E-state index in [0.29, 0.717) is 43.7 Å². The molecule has 0 unspecified atom stereocenters. The molecule has 0 aliphatic carbocycles. The molecule has 2 heterocycles. The molecule has 5 aromatic carbocycles. The molecule has 1 fully saturated rings. The van der Waals surface area contributed by atoms with Crippen molar-refractivity contribution < 1.29 is 23.9 Å². The van der Waals surface area contributed by atoms with Crippen molar-refractivity contribution in [3.63, 3.8) is 0 Å². The van der Waals surface area contributed by atoms with Gasteiger partial charge in [-0.15, -0.1) is 0 Å². The van der Waals surface area contributed by atoms with Gasteiger partial charge in [-0.2, -0.15) is 0 Å². The maximum Gasteiger partial charge on any atom is 0.253 e. The number of hydrogen-bond acceptors (Lipinski definition) is 5. The Hall–Kier alpha value is -5.70. The molecule has 7 rings (SSSR count). The van der Waals surface area contributed by atoms with Crippen molar-refractivity contribution in [3.05, 3.63) is 126 Å². The Kier molecular flexibility index (Phi) is 9.97. The summed E-state index contributed by atoms with van der Waals surface area (Å²) in [4.78, 5) is 58.0. The van der Waals surface area contributed by atoms with Gasteiger partial charge in [-0.05, 0) is 70.1 Å². The number of ether oxygens (including phenoxy) is 1. The first-order valence-electron chi connectivity index (χ1n) is 17.6. The van der Waals surface area contributed by atoms with E-state index in [9.17, 15) is 19.2 Å². The lowest BCUT2D eigenvalue weighted by atomic mass is 10.0. The minimum absolute atomic E-state index is 0.121. The van der Waals surface area contributed by atoms with Gasteiger partial charge in [0.15, 0.2) is 0 Å². The van der Waals surface area contributed by atoms with Gasteiger partial charge in [0.2, 0.25) is 17.7 Å². The summed E-state index contributed by atoms with van der Waals surface area (Å²) in [6.45, 7) is 0.876. The van der Waals surface area contributed by atoms with E-state index in [0.717, 1.165) is 32.7 Å². The van der Waals surface area contributed by atoms with Gasteiger partial charge >= 0.3 is 0 Å². The van der Waals surface area contributed by atoms with E-state index in [2.05, 4.69) is 10.6 Å². The highest BCUT2D eigenvalue weighted by Crippen LogP contribution is 2.25. The van der Waals surface area contributed by atoms with E-state index in [1.165, 1.54) is 0 Å². The van der Waals surface area contributed by atoms with E-state index in [-0.39, 0.29) is 55.2 Å². The monoisotopic (exact) mass is 682 g/mol. The first-order valence-corrected chi connectivity index (χ1v) is 17.6. The molecule has 0 saturated carbocycles. The molecule has 1 saturated heterocycles. The summed E-state index contributed by atoms with van der Waals surface area (Å²) in [6, 6.07) is 33.5. The molecular weight excluding hydrogens is 640 g/mol. The van der Waals surface area contributed by atoms with Crippen LogP contribution in [-0.2, 0) is 27.2 Å². The number of carbonyl (C=O) groups excluding carboxylic acids is 4. The highest BCUT2D eigenvalue weighted by atomic mass is 16.5. The van der Waals surface area contributed by atoms with Gasteiger partial charge in [-0.3, -0.25) is 19.2 Å². The van der Waals surface area contributed by atoms with E-state index in [4.69, 9.17) is 4.74 Å². The van der Waals surface area contributed by atoms with Crippen LogP contribution in [0, 0.1) is 0 Å². The average Bonchev–Trinajstić information content (AvgIpc) is 3.54. The van der Waals surface area contributed by atoms with E-state index >= 15 is 0 Å². The molecule has 2 aliphatic rings. The van der Waals surface area contributed by atoms with Crippen molar-refractivity contribution in [1.82, 2.24) is 20.4 Å². The van der Waals surface area contributed by atoms with Gasteiger partial charge in [0.25, 0.3) is 5.91 Å². The number of fused-ring (bicyclic) bond motifs is 5. The van der Waals surface area contributed by atoms with Crippen molar-refractivity contribution in [2.75, 3.05) is 26.7 Å². The van der Waals surface area contributed by atoms with Crippen LogP contribution in [0.1, 0.15) is 40.7 Å². The standard InChI is InChI=1S/C42H42N4O5/c1-45-20-8-17-38(44-40(48)24-32-13-6-12-30-10-4-5-16-37(30)32)42(50)46-26-34(25-35(46)27-51-36-15-7-14-33(23-36)41(45)49)43-39(47)22-28-18-19-29-9-2-3-11-31(29)21-28/h2-7,9-16,18-19,21,23,34-35,38H,8,17,20,22,24-27H2,1H3,(H,43,47)(H,44,48)/t34-,35-,38-/m0/s1. The Bertz CT molecular complexity index is 2090. The van der Waals surface area contributed by atoms with Crippen LogP contribution < -0.4 is 15.4 Å². The van der Waals surface area contributed by atoms with Crippen molar-refractivity contribution in [3.8, 4) is 5.75 Å². The quantitative estimate of drug-likeness (QED) is 0.253. The zero-order valence-electron chi connectivity index (χ0n) is 28.7. The van der Waals surface area contributed by atoms with Crippen LogP contribution in [0.5, 0.6) is 5.75 Å². The topological polar surface area (TPSA) is 108 Å². The highest BCUT2D eigenvalue weighted by molar-refractivity contribution is 5.95. The number of rotatable bonds is 6. The molecule has 2 N–H and O–H groups in total. The van der Waals surface area contributed by atoms with Gasteiger partial charge < -0.3 is 25.2 Å². The fraction of sp³-hybridized carbons (Fsp3) is 0.286. The third-order valence-corrected chi connectivity index (χ3v) is 9.96. The summed E-state index contributed by atoms with van der Waals surface area (Å²) in [5.41, 5.74) is 2.31. The number of nitrogens with one attached hydrogen (secondary N) is 2. The van der Waals surface area contributed by atoms with Crippen LogP contribution >= 0.6 is 0 Å². The molecule has 260 valence electrons. The van der Waals surface area contributed by atoms with Crippen molar-refractivity contribution in [2.24, 2.45) is 0 Å². The predicted molar refractivity (Wildman–Crippen MR) is 197 cm³/mol. The molecule has 5 aromatic rings. The Morgan fingerprint density at radius 2 is 1.53 bits per heavy atom. The first kappa shape index (κ1) is 33.8. The maximum absolute atomic E-state index is 14.4. The zero-order valence-corrected chi connectivity index (χ0v) is 28.7. The molecule has 9 nitrogen and oxygen atoms in total. The van der Waals surface area contributed by atoms with Crippen molar-refractivity contribution in [2.45, 2.75) is 50.2 Å². The summed E-state index contributed by atoms with van der Waals surface area (Å²) in [5.74, 6) is -0.206. The first-order chi connectivity index (χ1) is 24.8. The van der Waals surface area contributed by atoms with Gasteiger partial charge in [-0.25, -0.2) is 0 Å². The van der Waals surface area contributed by atoms with Crippen LogP contribution in [-0.4, -0.2) is 78.3 Å². The van der Waals surface area contributed by atoms with Crippen LogP contribution in [0.2, 0.25) is 0 Å². The molecular formula is C42H42N4O5. The van der Waals surface area contributed by atoms with Gasteiger partial charge in [0.05, 0.1) is 18.9 Å². The van der Waals surface area contributed by atoms with Crippen LogP contribution in [0.15, 0.2) is 109 Å². The van der Waals surface area contributed by atoms with Gasteiger partial charge in [-0.1, -0.05) is 91.0 Å². The lowest BCUT2D eigenvalue weighted by Gasteiger charge is -2.30. The molecule has 0 radical (unpaired) electrons. The summed E-state index contributed by atoms with van der Waals surface area (Å²) < 4.78 is 6.20. The smallest absolute Gasteiger partial charge is 0.253 e. The number of amides is 4. The van der Waals surface area contributed by atoms with Gasteiger partial charge in [0, 0.05) is 31.7 Å². The Balaban J connectivity index is 1.10. The lowest BCUT2D eigenvalue weighted by molar-refractivity contribution is -0.138.